The van der Waals surface area contributed by atoms with Crippen molar-refractivity contribution in [2.75, 3.05) is 31.3 Å². The first kappa shape index (κ1) is 19.2. The molecular weight excluding hydrogens is 360 g/mol. The van der Waals surface area contributed by atoms with Crippen molar-refractivity contribution in [3.8, 4) is 11.8 Å². The summed E-state index contributed by atoms with van der Waals surface area (Å²) in [6.07, 6.45) is 0.913. The molecule has 0 radical (unpaired) electrons. The SMILES string of the molecule is CC[NH+]1CCc2nc(SCC(=O)Nc3ccc(OC)cc3)c(C#N)cc2C1. The summed E-state index contributed by atoms with van der Waals surface area (Å²) >= 11 is 1.31. The Hall–Kier alpha value is -2.56. The van der Waals surface area contributed by atoms with E-state index in [-0.39, 0.29) is 11.7 Å². The number of nitrogens with one attached hydrogen (secondary N) is 2. The Morgan fingerprint density at radius 1 is 1.41 bits per heavy atom. The molecule has 0 spiro atoms. The van der Waals surface area contributed by atoms with E-state index in [0.717, 1.165) is 43.1 Å². The van der Waals surface area contributed by atoms with Crippen molar-refractivity contribution in [2.45, 2.75) is 24.9 Å². The maximum atomic E-state index is 12.2. The summed E-state index contributed by atoms with van der Waals surface area (Å²) in [6.45, 7) is 5.22. The van der Waals surface area contributed by atoms with Gasteiger partial charge in [-0.15, -0.1) is 0 Å². The molecule has 0 saturated heterocycles. The van der Waals surface area contributed by atoms with Crippen LogP contribution in [0.15, 0.2) is 35.4 Å². The summed E-state index contributed by atoms with van der Waals surface area (Å²) in [4.78, 5) is 18.4. The molecule has 1 unspecified atom stereocenters. The number of fused-ring (bicyclic) bond motifs is 1. The monoisotopic (exact) mass is 383 g/mol. The van der Waals surface area contributed by atoms with Crippen LogP contribution in [-0.4, -0.2) is 36.8 Å². The lowest BCUT2D eigenvalue weighted by Gasteiger charge is -2.24. The molecule has 1 amide bonds. The van der Waals surface area contributed by atoms with Gasteiger partial charge >= 0.3 is 0 Å². The number of pyridine rings is 1. The molecule has 2 aromatic rings. The van der Waals surface area contributed by atoms with E-state index in [0.29, 0.717) is 16.3 Å². The molecule has 7 heteroatoms. The predicted octanol–water partition coefficient (Wildman–Crippen LogP) is 1.65. The second-order valence-electron chi connectivity index (χ2n) is 6.40. The number of methoxy groups -OCH3 is 1. The van der Waals surface area contributed by atoms with Crippen LogP contribution in [0.25, 0.3) is 0 Å². The zero-order chi connectivity index (χ0) is 19.2. The number of amides is 1. The molecule has 0 aliphatic carbocycles. The highest BCUT2D eigenvalue weighted by molar-refractivity contribution is 8.00. The first-order valence-electron chi connectivity index (χ1n) is 8.96. The molecule has 1 atom stereocenters. The number of carbonyl (C=O) groups excluding carboxylic acids is 1. The molecule has 0 saturated carbocycles. The lowest BCUT2D eigenvalue weighted by molar-refractivity contribution is -0.914. The summed E-state index contributed by atoms with van der Waals surface area (Å²) in [6, 6.07) is 11.3. The molecule has 0 fully saturated rings. The largest absolute Gasteiger partial charge is 0.497 e. The quantitative estimate of drug-likeness (QED) is 0.742. The van der Waals surface area contributed by atoms with Crippen LogP contribution in [0.3, 0.4) is 0 Å². The van der Waals surface area contributed by atoms with Gasteiger partial charge in [-0.3, -0.25) is 4.79 Å². The molecule has 0 bridgehead atoms. The summed E-state index contributed by atoms with van der Waals surface area (Å²) < 4.78 is 5.11. The highest BCUT2D eigenvalue weighted by Crippen LogP contribution is 2.24. The molecule has 1 aliphatic rings. The number of quaternary nitrogens is 1. The number of rotatable bonds is 6. The molecule has 2 heterocycles. The van der Waals surface area contributed by atoms with Crippen LogP contribution in [-0.2, 0) is 17.8 Å². The van der Waals surface area contributed by atoms with Crippen LogP contribution in [0.5, 0.6) is 5.75 Å². The van der Waals surface area contributed by atoms with Crippen LogP contribution < -0.4 is 15.0 Å². The van der Waals surface area contributed by atoms with Gasteiger partial charge in [0.2, 0.25) is 5.91 Å². The van der Waals surface area contributed by atoms with Crippen molar-refractivity contribution < 1.29 is 14.4 Å². The fourth-order valence-corrected chi connectivity index (χ4v) is 3.87. The molecule has 6 nitrogen and oxygen atoms in total. The van der Waals surface area contributed by atoms with Gasteiger partial charge in [0, 0.05) is 17.7 Å². The number of thioether (sulfide) groups is 1. The number of carbonyl (C=O) groups is 1. The highest BCUT2D eigenvalue weighted by atomic mass is 32.2. The second-order valence-corrected chi connectivity index (χ2v) is 7.37. The van der Waals surface area contributed by atoms with Crippen molar-refractivity contribution in [1.29, 1.82) is 5.26 Å². The standard InChI is InChI=1S/C20H22N4O2S/c1-3-24-9-8-18-15(12-24)10-14(11-21)20(23-18)27-13-19(25)22-16-4-6-17(26-2)7-5-16/h4-7,10H,3,8-9,12-13H2,1-2H3,(H,22,25)/p+1. The molecule has 27 heavy (non-hydrogen) atoms. The third-order valence-corrected chi connectivity index (χ3v) is 5.64. The van der Waals surface area contributed by atoms with Crippen molar-refractivity contribution >= 4 is 23.4 Å². The van der Waals surface area contributed by atoms with E-state index >= 15 is 0 Å². The van der Waals surface area contributed by atoms with Gasteiger partial charge < -0.3 is 15.0 Å². The minimum absolute atomic E-state index is 0.129. The number of hydrogen-bond acceptors (Lipinski definition) is 5. The molecule has 3 rings (SSSR count). The smallest absolute Gasteiger partial charge is 0.234 e. The van der Waals surface area contributed by atoms with Crippen molar-refractivity contribution in [3.63, 3.8) is 0 Å². The molecule has 1 aromatic heterocycles. The normalized spacial score (nSPS) is 15.5. The van der Waals surface area contributed by atoms with Crippen LogP contribution in [0.2, 0.25) is 0 Å². The van der Waals surface area contributed by atoms with Gasteiger partial charge in [-0.2, -0.15) is 5.26 Å². The van der Waals surface area contributed by atoms with Gasteiger partial charge in [-0.05, 0) is 37.3 Å². The van der Waals surface area contributed by atoms with Gasteiger partial charge in [-0.25, -0.2) is 4.98 Å². The Bertz CT molecular complexity index is 862. The third-order valence-electron chi connectivity index (χ3n) is 4.65. The summed E-state index contributed by atoms with van der Waals surface area (Å²) in [5.41, 5.74) is 3.47. The number of aromatic nitrogens is 1. The summed E-state index contributed by atoms with van der Waals surface area (Å²) in [7, 11) is 1.60. The van der Waals surface area contributed by atoms with Gasteiger partial charge in [0.1, 0.15) is 23.4 Å². The molecule has 140 valence electrons. The number of hydrogen-bond donors (Lipinski definition) is 2. The Balaban J connectivity index is 1.64. The Labute approximate surface area is 163 Å². The van der Waals surface area contributed by atoms with Crippen molar-refractivity contribution in [1.82, 2.24) is 4.98 Å². The van der Waals surface area contributed by atoms with Crippen molar-refractivity contribution in [3.05, 3.63) is 47.2 Å². The van der Waals surface area contributed by atoms with Crippen LogP contribution in [0.4, 0.5) is 5.69 Å². The fourth-order valence-electron chi connectivity index (χ4n) is 3.09. The number of anilines is 1. The molecular formula is C20H23N4O2S+. The number of likely N-dealkylation sites (N-methyl/N-ethyl adjacent to an activating group) is 1. The number of benzene rings is 1. The Kier molecular flexibility index (Phi) is 6.32. The Morgan fingerprint density at radius 3 is 2.85 bits per heavy atom. The van der Waals surface area contributed by atoms with Crippen molar-refractivity contribution in [2.24, 2.45) is 0 Å². The maximum Gasteiger partial charge on any atom is 0.234 e. The van der Waals surface area contributed by atoms with E-state index in [1.54, 1.807) is 31.4 Å². The first-order valence-corrected chi connectivity index (χ1v) is 9.94. The molecule has 2 N–H and O–H groups in total. The Morgan fingerprint density at radius 2 is 2.19 bits per heavy atom. The zero-order valence-corrected chi connectivity index (χ0v) is 16.4. The van der Waals surface area contributed by atoms with E-state index in [1.165, 1.54) is 16.7 Å². The van der Waals surface area contributed by atoms with E-state index < -0.39 is 0 Å². The lowest BCUT2D eigenvalue weighted by atomic mass is 10.0. The summed E-state index contributed by atoms with van der Waals surface area (Å²) in [5, 5.41) is 13.0. The number of ether oxygens (including phenoxy) is 1. The second kappa shape index (κ2) is 8.89. The fraction of sp³-hybridized carbons (Fsp3) is 0.350. The van der Waals surface area contributed by atoms with Gasteiger partial charge in [0.25, 0.3) is 0 Å². The minimum Gasteiger partial charge on any atom is -0.497 e. The maximum absolute atomic E-state index is 12.2. The summed E-state index contributed by atoms with van der Waals surface area (Å²) in [5.74, 6) is 0.816. The van der Waals surface area contributed by atoms with Crippen LogP contribution in [0, 0.1) is 11.3 Å². The topological polar surface area (TPSA) is 79.5 Å². The number of nitrogens with zero attached hydrogens (tertiary/aromatic N) is 2. The highest BCUT2D eigenvalue weighted by Gasteiger charge is 2.22. The molecule has 1 aliphatic heterocycles. The van der Waals surface area contributed by atoms with Gasteiger partial charge in [0.05, 0.1) is 37.2 Å². The zero-order valence-electron chi connectivity index (χ0n) is 15.5. The third kappa shape index (κ3) is 4.79. The van der Waals surface area contributed by atoms with Crippen LogP contribution >= 0.6 is 11.8 Å². The predicted molar refractivity (Wildman–Crippen MR) is 105 cm³/mol. The van der Waals surface area contributed by atoms with Crippen LogP contribution in [0.1, 0.15) is 23.7 Å². The first-order chi connectivity index (χ1) is 13.1. The van der Waals surface area contributed by atoms with Gasteiger partial charge in [-0.1, -0.05) is 11.8 Å². The number of nitriles is 1. The van der Waals surface area contributed by atoms with E-state index in [4.69, 9.17) is 4.74 Å². The molecule has 1 aromatic carbocycles. The minimum atomic E-state index is -0.129. The van der Waals surface area contributed by atoms with E-state index in [9.17, 15) is 10.1 Å². The average molecular weight is 383 g/mol. The van der Waals surface area contributed by atoms with Gasteiger partial charge in [0.15, 0.2) is 0 Å². The average Bonchev–Trinajstić information content (AvgIpc) is 2.71. The lowest BCUT2D eigenvalue weighted by Crippen LogP contribution is -3.11. The van der Waals surface area contributed by atoms with E-state index in [2.05, 4.69) is 23.3 Å². The van der Waals surface area contributed by atoms with E-state index in [1.807, 2.05) is 6.07 Å².